The smallest absolute Gasteiger partial charge is 0.320 e. The second-order valence-corrected chi connectivity index (χ2v) is 11.0. The second kappa shape index (κ2) is 7.64. The lowest BCUT2D eigenvalue weighted by Gasteiger charge is -2.33. The van der Waals surface area contributed by atoms with Gasteiger partial charge in [-0.1, -0.05) is 74.1 Å². The van der Waals surface area contributed by atoms with Gasteiger partial charge in [-0.05, 0) is 34.6 Å². The minimum absolute atomic E-state index is 0.0120. The maximum Gasteiger partial charge on any atom is 0.320 e. The summed E-state index contributed by atoms with van der Waals surface area (Å²) in [4.78, 5) is 24.9. The molecule has 2 aliphatic carbocycles. The first-order chi connectivity index (χ1) is 15.3. The fourth-order valence-electron chi connectivity index (χ4n) is 6.72. The Labute approximate surface area is 196 Å². The van der Waals surface area contributed by atoms with E-state index in [1.165, 1.54) is 5.57 Å². The summed E-state index contributed by atoms with van der Waals surface area (Å²) in [7, 11) is 0. The van der Waals surface area contributed by atoms with E-state index in [1.807, 2.05) is 70.2 Å². The lowest BCUT2D eigenvalue weighted by molar-refractivity contribution is -0.161. The normalized spacial score (nSPS) is 49.3. The molecule has 5 nitrogen and oxygen atoms in total. The molecule has 2 heterocycles. The third-order valence-electron chi connectivity index (χ3n) is 8.89. The van der Waals surface area contributed by atoms with Crippen LogP contribution < -0.4 is 0 Å². The van der Waals surface area contributed by atoms with Crippen LogP contribution in [0.15, 0.2) is 60.3 Å². The molecule has 9 atom stereocenters. The molecule has 4 rings (SSSR count). The molecule has 1 N–H and O–H groups in total. The van der Waals surface area contributed by atoms with Crippen LogP contribution >= 0.6 is 0 Å². The van der Waals surface area contributed by atoms with Crippen LogP contribution in [0.5, 0.6) is 0 Å². The Morgan fingerprint density at radius 2 is 1.58 bits per heavy atom. The first-order valence-corrected chi connectivity index (χ1v) is 11.8. The number of carbonyl (C=O) groups excluding carboxylic acids is 2. The number of hydrogen-bond donors (Lipinski definition) is 1. The monoisotopic (exact) mass is 452 g/mol. The molecule has 0 aromatic rings. The predicted molar refractivity (Wildman–Crippen MR) is 127 cm³/mol. The third-order valence-corrected chi connectivity index (χ3v) is 8.89. The number of aliphatic hydroxyl groups is 1. The van der Waals surface area contributed by atoms with E-state index in [9.17, 15) is 14.7 Å². The summed E-state index contributed by atoms with van der Waals surface area (Å²) < 4.78 is 11.6. The van der Waals surface area contributed by atoms with Gasteiger partial charge < -0.3 is 14.6 Å². The zero-order valence-electron chi connectivity index (χ0n) is 20.7. The molecule has 0 radical (unpaired) electrons. The standard InChI is InChI=1S/C28H36O5/c1-17-16-26(5)21(28(7,31)19(3)33-26)20(17)14-12-10-8-9-11-13-15-25(4)23-18(2)22(29)27(25,6)24(30)32-23/h8-16,18-21,23,31H,1-7H3/b10-8+,11-9+,14-12+,15-13+/t18-,19-,20+,21-,23+,25+,26+,27+,28+/m0/s1. The van der Waals surface area contributed by atoms with Gasteiger partial charge in [0.15, 0.2) is 5.78 Å². The fourth-order valence-corrected chi connectivity index (χ4v) is 6.72. The summed E-state index contributed by atoms with van der Waals surface area (Å²) in [6.45, 7) is 13.4. The SMILES string of the molecule is CC1=C[C@@]2(C)O[C@@H](C)[C@@](C)(O)[C@H]2[C@@H]1/C=C/C=C/C=C/C=C/[C@]1(C)[C@@H]2OC(=O)[C@@]1(C)C(=O)[C@@H]2C. The minimum atomic E-state index is -1.11. The van der Waals surface area contributed by atoms with Crippen LogP contribution in [0.2, 0.25) is 0 Å². The Morgan fingerprint density at radius 3 is 2.21 bits per heavy atom. The maximum atomic E-state index is 12.6. The summed E-state index contributed by atoms with van der Waals surface area (Å²) in [6.07, 6.45) is 17.2. The molecule has 0 unspecified atom stereocenters. The molecule has 4 aliphatic rings. The maximum absolute atomic E-state index is 12.6. The summed E-state index contributed by atoms with van der Waals surface area (Å²) >= 11 is 0. The first-order valence-electron chi connectivity index (χ1n) is 11.8. The Hall–Kier alpha value is -2.24. The zero-order chi connectivity index (χ0) is 24.4. The Morgan fingerprint density at radius 1 is 0.970 bits per heavy atom. The number of rotatable bonds is 5. The molecular weight excluding hydrogens is 416 g/mol. The van der Waals surface area contributed by atoms with Crippen molar-refractivity contribution in [2.75, 3.05) is 0 Å². The van der Waals surface area contributed by atoms with Crippen molar-refractivity contribution >= 4 is 11.8 Å². The highest BCUT2D eigenvalue weighted by Gasteiger charge is 2.73. The number of hydrogen-bond acceptors (Lipinski definition) is 5. The topological polar surface area (TPSA) is 72.8 Å². The van der Waals surface area contributed by atoms with Crippen LogP contribution in [0.1, 0.15) is 48.5 Å². The first kappa shape index (κ1) is 23.9. The summed E-state index contributed by atoms with van der Waals surface area (Å²) in [5.74, 6) is -0.607. The van der Waals surface area contributed by atoms with E-state index in [1.54, 1.807) is 6.92 Å². The van der Waals surface area contributed by atoms with Crippen LogP contribution in [0.4, 0.5) is 0 Å². The lowest BCUT2D eigenvalue weighted by atomic mass is 9.68. The molecule has 5 heteroatoms. The number of esters is 1. The number of fused-ring (bicyclic) bond motifs is 3. The molecular formula is C28H36O5. The van der Waals surface area contributed by atoms with Crippen molar-refractivity contribution in [2.24, 2.45) is 28.6 Å². The van der Waals surface area contributed by atoms with Crippen LogP contribution in [0, 0.1) is 28.6 Å². The van der Waals surface area contributed by atoms with Gasteiger partial charge in [0, 0.05) is 17.3 Å². The van der Waals surface area contributed by atoms with E-state index in [2.05, 4.69) is 26.0 Å². The predicted octanol–water partition coefficient (Wildman–Crippen LogP) is 4.49. The highest BCUT2D eigenvalue weighted by Crippen LogP contribution is 2.60. The molecule has 3 fully saturated rings. The number of ether oxygens (including phenoxy) is 2. The van der Waals surface area contributed by atoms with E-state index in [4.69, 9.17) is 9.47 Å². The van der Waals surface area contributed by atoms with Crippen LogP contribution in [-0.2, 0) is 19.1 Å². The summed E-state index contributed by atoms with van der Waals surface area (Å²) in [5, 5.41) is 11.0. The number of Topliss-reactive ketones (excluding diaryl/α,β-unsaturated/α-hetero) is 1. The molecule has 2 saturated heterocycles. The average Bonchev–Trinajstić information content (AvgIpc) is 3.22. The van der Waals surface area contributed by atoms with Crippen molar-refractivity contribution in [1.29, 1.82) is 0 Å². The van der Waals surface area contributed by atoms with Crippen molar-refractivity contribution in [3.63, 3.8) is 0 Å². The molecule has 178 valence electrons. The fraction of sp³-hybridized carbons (Fsp3) is 0.571. The molecule has 0 spiro atoms. The van der Waals surface area contributed by atoms with Gasteiger partial charge in [0.2, 0.25) is 0 Å². The zero-order valence-corrected chi connectivity index (χ0v) is 20.7. The van der Waals surface area contributed by atoms with Crippen LogP contribution in [0.3, 0.4) is 0 Å². The highest BCUT2D eigenvalue weighted by atomic mass is 16.6. The van der Waals surface area contributed by atoms with Crippen molar-refractivity contribution in [1.82, 2.24) is 0 Å². The van der Waals surface area contributed by atoms with E-state index < -0.39 is 34.1 Å². The molecule has 33 heavy (non-hydrogen) atoms. The van der Waals surface area contributed by atoms with Crippen molar-refractivity contribution in [3.05, 3.63) is 60.3 Å². The molecule has 2 bridgehead atoms. The van der Waals surface area contributed by atoms with Gasteiger partial charge in [0.1, 0.15) is 11.5 Å². The Balaban J connectivity index is 1.39. The number of carbonyl (C=O) groups is 2. The van der Waals surface area contributed by atoms with Gasteiger partial charge in [-0.3, -0.25) is 9.59 Å². The van der Waals surface area contributed by atoms with Gasteiger partial charge in [0.25, 0.3) is 0 Å². The lowest BCUT2D eigenvalue weighted by Crippen LogP contribution is -2.44. The molecule has 2 aliphatic heterocycles. The summed E-state index contributed by atoms with van der Waals surface area (Å²) in [6, 6.07) is 0. The Bertz CT molecular complexity index is 1010. The van der Waals surface area contributed by atoms with Gasteiger partial charge in [0.05, 0.1) is 23.2 Å². The highest BCUT2D eigenvalue weighted by molar-refractivity contribution is 6.10. The van der Waals surface area contributed by atoms with E-state index >= 15 is 0 Å². The van der Waals surface area contributed by atoms with Crippen LogP contribution in [-0.4, -0.2) is 40.3 Å². The number of allylic oxidation sites excluding steroid dienone is 8. The van der Waals surface area contributed by atoms with Crippen LogP contribution in [0.25, 0.3) is 0 Å². The third kappa shape index (κ3) is 3.19. The van der Waals surface area contributed by atoms with Crippen molar-refractivity contribution < 1.29 is 24.2 Å². The van der Waals surface area contributed by atoms with Gasteiger partial charge in [-0.15, -0.1) is 0 Å². The molecule has 0 amide bonds. The molecule has 0 aromatic carbocycles. The van der Waals surface area contributed by atoms with Crippen molar-refractivity contribution in [3.8, 4) is 0 Å². The number of ketones is 1. The van der Waals surface area contributed by atoms with Gasteiger partial charge in [-0.2, -0.15) is 0 Å². The molecule has 1 saturated carbocycles. The van der Waals surface area contributed by atoms with Crippen molar-refractivity contribution in [2.45, 2.75) is 71.9 Å². The van der Waals surface area contributed by atoms with E-state index in [-0.39, 0.29) is 29.6 Å². The van der Waals surface area contributed by atoms with Gasteiger partial charge >= 0.3 is 5.97 Å². The minimum Gasteiger partial charge on any atom is -0.460 e. The second-order valence-electron chi connectivity index (χ2n) is 11.0. The van der Waals surface area contributed by atoms with E-state index in [0.29, 0.717) is 0 Å². The van der Waals surface area contributed by atoms with Gasteiger partial charge in [-0.25, -0.2) is 0 Å². The molecule has 0 aromatic heterocycles. The summed E-state index contributed by atoms with van der Waals surface area (Å²) in [5.41, 5.74) is -1.85. The van der Waals surface area contributed by atoms with E-state index in [0.717, 1.165) is 0 Å². The average molecular weight is 453 g/mol. The Kier molecular flexibility index (Phi) is 5.53. The quantitative estimate of drug-likeness (QED) is 0.288. The largest absolute Gasteiger partial charge is 0.460 e.